The van der Waals surface area contributed by atoms with E-state index in [1.54, 1.807) is 11.9 Å². The second-order valence-electron chi connectivity index (χ2n) is 4.00. The van der Waals surface area contributed by atoms with Gasteiger partial charge in [0.05, 0.1) is 0 Å². The quantitative estimate of drug-likeness (QED) is 0.825. The summed E-state index contributed by atoms with van der Waals surface area (Å²) in [5.41, 5.74) is 4.47. The van der Waals surface area contributed by atoms with Gasteiger partial charge in [0.2, 0.25) is 0 Å². The zero-order valence-corrected chi connectivity index (χ0v) is 9.66. The third kappa shape index (κ3) is 2.72. The zero-order valence-electron chi connectivity index (χ0n) is 9.66. The highest BCUT2D eigenvalue weighted by molar-refractivity contribution is 5.75. The van der Waals surface area contributed by atoms with Crippen molar-refractivity contribution in [1.29, 1.82) is 0 Å². The van der Waals surface area contributed by atoms with Crippen LogP contribution in [0.15, 0.2) is 12.1 Å². The van der Waals surface area contributed by atoms with Crippen LogP contribution in [0.3, 0.4) is 0 Å². The standard InChI is InChI=1S/C12H17NO2/c1-8-5-9(2)12(10(3)6-8)13(4)7-11(14)15/h5-6H,7H2,1-4H3,(H,14,15). The van der Waals surface area contributed by atoms with Crippen LogP contribution >= 0.6 is 0 Å². The maximum atomic E-state index is 10.6. The van der Waals surface area contributed by atoms with E-state index in [0.29, 0.717) is 0 Å². The summed E-state index contributed by atoms with van der Waals surface area (Å²) in [5.74, 6) is -0.808. The molecule has 0 aliphatic heterocycles. The van der Waals surface area contributed by atoms with Gasteiger partial charge in [-0.3, -0.25) is 4.79 Å². The van der Waals surface area contributed by atoms with Gasteiger partial charge in [-0.1, -0.05) is 17.7 Å². The Labute approximate surface area is 90.3 Å². The molecule has 0 radical (unpaired) electrons. The minimum atomic E-state index is -0.808. The van der Waals surface area contributed by atoms with E-state index in [-0.39, 0.29) is 6.54 Å². The Hall–Kier alpha value is -1.51. The lowest BCUT2D eigenvalue weighted by molar-refractivity contribution is -0.135. The van der Waals surface area contributed by atoms with Crippen molar-refractivity contribution in [2.45, 2.75) is 20.8 Å². The van der Waals surface area contributed by atoms with Crippen molar-refractivity contribution in [2.24, 2.45) is 0 Å². The minimum Gasteiger partial charge on any atom is -0.480 e. The van der Waals surface area contributed by atoms with Crippen LogP contribution in [0.25, 0.3) is 0 Å². The lowest BCUT2D eigenvalue weighted by Crippen LogP contribution is -2.26. The van der Waals surface area contributed by atoms with Gasteiger partial charge in [0.1, 0.15) is 6.54 Å². The topological polar surface area (TPSA) is 40.5 Å². The summed E-state index contributed by atoms with van der Waals surface area (Å²) in [6.07, 6.45) is 0. The van der Waals surface area contributed by atoms with E-state index in [0.717, 1.165) is 16.8 Å². The van der Waals surface area contributed by atoms with Crippen molar-refractivity contribution >= 4 is 11.7 Å². The summed E-state index contributed by atoms with van der Waals surface area (Å²) >= 11 is 0. The molecule has 0 heterocycles. The lowest BCUT2D eigenvalue weighted by Gasteiger charge is -2.22. The highest BCUT2D eigenvalue weighted by atomic mass is 16.4. The summed E-state index contributed by atoms with van der Waals surface area (Å²) in [6, 6.07) is 4.14. The Balaban J connectivity index is 3.08. The molecule has 0 spiro atoms. The van der Waals surface area contributed by atoms with Crippen LogP contribution in [0.4, 0.5) is 5.69 Å². The number of aliphatic carboxylic acids is 1. The van der Waals surface area contributed by atoms with E-state index in [9.17, 15) is 4.79 Å². The molecule has 0 aliphatic carbocycles. The number of carboxylic acid groups (broad SMARTS) is 1. The number of rotatable bonds is 3. The Morgan fingerprint density at radius 3 is 2.13 bits per heavy atom. The lowest BCUT2D eigenvalue weighted by atomic mass is 10.0. The average Bonchev–Trinajstić information content (AvgIpc) is 1.99. The van der Waals surface area contributed by atoms with Crippen molar-refractivity contribution in [3.05, 3.63) is 28.8 Å². The third-order valence-corrected chi connectivity index (χ3v) is 2.39. The van der Waals surface area contributed by atoms with Crippen LogP contribution in [-0.2, 0) is 4.79 Å². The first-order chi connectivity index (χ1) is 6.91. The fourth-order valence-electron chi connectivity index (χ4n) is 2.06. The molecular weight excluding hydrogens is 190 g/mol. The first-order valence-electron chi connectivity index (χ1n) is 4.92. The van der Waals surface area contributed by atoms with E-state index < -0.39 is 5.97 Å². The number of benzene rings is 1. The van der Waals surface area contributed by atoms with Crippen molar-refractivity contribution in [3.8, 4) is 0 Å². The Morgan fingerprint density at radius 2 is 1.73 bits per heavy atom. The summed E-state index contributed by atoms with van der Waals surface area (Å²) in [5, 5.41) is 8.74. The first-order valence-corrected chi connectivity index (χ1v) is 4.92. The Bertz CT molecular complexity index is 362. The largest absolute Gasteiger partial charge is 0.480 e. The molecule has 1 aromatic rings. The molecule has 82 valence electrons. The minimum absolute atomic E-state index is 0.0325. The van der Waals surface area contributed by atoms with Gasteiger partial charge in [-0.15, -0.1) is 0 Å². The van der Waals surface area contributed by atoms with E-state index in [4.69, 9.17) is 5.11 Å². The van der Waals surface area contributed by atoms with Gasteiger partial charge >= 0.3 is 5.97 Å². The Kier molecular flexibility index (Phi) is 3.35. The van der Waals surface area contributed by atoms with Crippen molar-refractivity contribution in [1.82, 2.24) is 0 Å². The Morgan fingerprint density at radius 1 is 1.27 bits per heavy atom. The van der Waals surface area contributed by atoms with Gasteiger partial charge in [0.15, 0.2) is 0 Å². The molecule has 0 aliphatic rings. The molecule has 0 fully saturated rings. The van der Waals surface area contributed by atoms with Crippen LogP contribution in [-0.4, -0.2) is 24.7 Å². The molecular formula is C12H17NO2. The number of aryl methyl sites for hydroxylation is 3. The van der Waals surface area contributed by atoms with Gasteiger partial charge in [0.25, 0.3) is 0 Å². The van der Waals surface area contributed by atoms with Gasteiger partial charge in [0, 0.05) is 12.7 Å². The molecule has 0 bridgehead atoms. The van der Waals surface area contributed by atoms with Gasteiger partial charge in [-0.2, -0.15) is 0 Å². The average molecular weight is 207 g/mol. The number of anilines is 1. The van der Waals surface area contributed by atoms with Crippen molar-refractivity contribution in [2.75, 3.05) is 18.5 Å². The summed E-state index contributed by atoms with van der Waals surface area (Å²) < 4.78 is 0. The van der Waals surface area contributed by atoms with Crippen LogP contribution in [0.1, 0.15) is 16.7 Å². The van der Waals surface area contributed by atoms with Gasteiger partial charge in [-0.05, 0) is 31.9 Å². The molecule has 0 aromatic heterocycles. The molecule has 0 unspecified atom stereocenters. The monoisotopic (exact) mass is 207 g/mol. The number of hydrogen-bond acceptors (Lipinski definition) is 2. The number of hydrogen-bond donors (Lipinski definition) is 1. The van der Waals surface area contributed by atoms with Crippen LogP contribution in [0.5, 0.6) is 0 Å². The highest BCUT2D eigenvalue weighted by Crippen LogP contribution is 2.24. The molecule has 1 N–H and O–H groups in total. The maximum Gasteiger partial charge on any atom is 0.323 e. The predicted octanol–water partition coefficient (Wildman–Crippen LogP) is 2.13. The van der Waals surface area contributed by atoms with E-state index in [1.165, 1.54) is 5.56 Å². The molecule has 3 heteroatoms. The molecule has 0 amide bonds. The van der Waals surface area contributed by atoms with Gasteiger partial charge < -0.3 is 10.0 Å². The molecule has 0 saturated carbocycles. The SMILES string of the molecule is Cc1cc(C)c(N(C)CC(=O)O)c(C)c1. The second-order valence-corrected chi connectivity index (χ2v) is 4.00. The second kappa shape index (κ2) is 4.34. The fourth-order valence-corrected chi connectivity index (χ4v) is 2.06. The first kappa shape index (κ1) is 11.6. The van der Waals surface area contributed by atoms with E-state index >= 15 is 0 Å². The summed E-state index contributed by atoms with van der Waals surface area (Å²) in [4.78, 5) is 12.4. The number of carboxylic acids is 1. The highest BCUT2D eigenvalue weighted by Gasteiger charge is 2.11. The number of likely N-dealkylation sites (N-methyl/N-ethyl adjacent to an activating group) is 1. The molecule has 0 saturated heterocycles. The van der Waals surface area contributed by atoms with Crippen LogP contribution < -0.4 is 4.90 Å². The van der Waals surface area contributed by atoms with E-state index in [2.05, 4.69) is 12.1 Å². The van der Waals surface area contributed by atoms with Crippen LogP contribution in [0, 0.1) is 20.8 Å². The van der Waals surface area contributed by atoms with Gasteiger partial charge in [-0.25, -0.2) is 0 Å². The predicted molar refractivity (Wildman–Crippen MR) is 61.6 cm³/mol. The maximum absolute atomic E-state index is 10.6. The summed E-state index contributed by atoms with van der Waals surface area (Å²) in [7, 11) is 1.80. The fraction of sp³-hybridized carbons (Fsp3) is 0.417. The molecule has 3 nitrogen and oxygen atoms in total. The van der Waals surface area contributed by atoms with E-state index in [1.807, 2.05) is 20.8 Å². The zero-order chi connectivity index (χ0) is 11.6. The van der Waals surface area contributed by atoms with Crippen molar-refractivity contribution < 1.29 is 9.90 Å². The van der Waals surface area contributed by atoms with Crippen LogP contribution in [0.2, 0.25) is 0 Å². The number of nitrogens with zero attached hydrogens (tertiary/aromatic N) is 1. The van der Waals surface area contributed by atoms with Crippen molar-refractivity contribution in [3.63, 3.8) is 0 Å². The number of carbonyl (C=O) groups is 1. The smallest absolute Gasteiger partial charge is 0.323 e. The summed E-state index contributed by atoms with van der Waals surface area (Å²) in [6.45, 7) is 6.09. The normalized spacial score (nSPS) is 10.1. The third-order valence-electron chi connectivity index (χ3n) is 2.39. The molecule has 1 rings (SSSR count). The molecule has 15 heavy (non-hydrogen) atoms. The molecule has 0 atom stereocenters. The molecule has 1 aromatic carbocycles.